The third-order valence-electron chi connectivity index (χ3n) is 2.02. The lowest BCUT2D eigenvalue weighted by Gasteiger charge is -2.10. The summed E-state index contributed by atoms with van der Waals surface area (Å²) < 4.78 is 0. The molecule has 0 aliphatic rings. The lowest BCUT2D eigenvalue weighted by Crippen LogP contribution is -2.19. The highest BCUT2D eigenvalue weighted by Crippen LogP contribution is 2.08. The predicted molar refractivity (Wildman–Crippen MR) is 73.7 cm³/mol. The van der Waals surface area contributed by atoms with Crippen LogP contribution in [0, 0.1) is 0 Å². The van der Waals surface area contributed by atoms with Crippen molar-refractivity contribution >= 4 is 17.8 Å². The van der Waals surface area contributed by atoms with Gasteiger partial charge in [-0.3, -0.25) is 0 Å². The molecule has 0 atom stereocenters. The van der Waals surface area contributed by atoms with Crippen molar-refractivity contribution in [2.75, 3.05) is 48.7 Å². The minimum atomic E-state index is 0.508. The fourth-order valence-electron chi connectivity index (χ4n) is 1.22. The van der Waals surface area contributed by atoms with Gasteiger partial charge in [-0.2, -0.15) is 15.0 Å². The molecule has 7 N–H and O–H groups in total. The van der Waals surface area contributed by atoms with E-state index in [2.05, 4.69) is 37.8 Å². The molecular formula is C10H22N8. The number of nitrogens with two attached hydrogens (primary N) is 2. The Morgan fingerprint density at radius 2 is 1.17 bits per heavy atom. The second-order valence-electron chi connectivity index (χ2n) is 3.66. The predicted octanol–water partition coefficient (Wildman–Crippen LogP) is -0.565. The van der Waals surface area contributed by atoms with Crippen molar-refractivity contribution in [2.45, 2.75) is 13.3 Å². The van der Waals surface area contributed by atoms with Gasteiger partial charge >= 0.3 is 0 Å². The molecule has 0 radical (unpaired) electrons. The van der Waals surface area contributed by atoms with E-state index in [0.717, 1.165) is 13.0 Å². The Kier molecular flexibility index (Phi) is 6.74. The van der Waals surface area contributed by atoms with Gasteiger partial charge in [-0.25, -0.2) is 0 Å². The van der Waals surface area contributed by atoms with Gasteiger partial charge in [0.25, 0.3) is 0 Å². The summed E-state index contributed by atoms with van der Waals surface area (Å²) in [6.07, 6.45) is 1.00. The van der Waals surface area contributed by atoms with Crippen LogP contribution in [0.15, 0.2) is 0 Å². The SMILES string of the molecule is CCCNc1nc(NCCN)nc(NCCN)n1. The van der Waals surface area contributed by atoms with Gasteiger partial charge in [0.1, 0.15) is 0 Å². The Balaban J connectivity index is 2.74. The molecular weight excluding hydrogens is 232 g/mol. The van der Waals surface area contributed by atoms with Crippen molar-refractivity contribution < 1.29 is 0 Å². The highest BCUT2D eigenvalue weighted by Gasteiger charge is 2.05. The molecule has 0 aliphatic heterocycles. The van der Waals surface area contributed by atoms with Crippen molar-refractivity contribution in [1.82, 2.24) is 15.0 Å². The van der Waals surface area contributed by atoms with Gasteiger partial charge in [-0.05, 0) is 6.42 Å². The Morgan fingerprint density at radius 3 is 1.50 bits per heavy atom. The fourth-order valence-corrected chi connectivity index (χ4v) is 1.22. The van der Waals surface area contributed by atoms with E-state index < -0.39 is 0 Å². The molecule has 0 aliphatic carbocycles. The highest BCUT2D eigenvalue weighted by atomic mass is 15.3. The van der Waals surface area contributed by atoms with E-state index in [1.165, 1.54) is 0 Å². The van der Waals surface area contributed by atoms with E-state index in [0.29, 0.717) is 44.0 Å². The molecule has 1 heterocycles. The van der Waals surface area contributed by atoms with Crippen LogP contribution in [0.1, 0.15) is 13.3 Å². The molecule has 102 valence electrons. The summed E-state index contributed by atoms with van der Waals surface area (Å²) in [6.45, 7) is 5.18. The Labute approximate surface area is 107 Å². The Bertz CT molecular complexity index is 278. The van der Waals surface area contributed by atoms with E-state index in [-0.39, 0.29) is 0 Å². The number of aromatic nitrogens is 3. The van der Waals surface area contributed by atoms with Gasteiger partial charge in [0.05, 0.1) is 0 Å². The average molecular weight is 254 g/mol. The third kappa shape index (κ3) is 5.11. The minimum Gasteiger partial charge on any atom is -0.354 e. The second kappa shape index (κ2) is 8.43. The highest BCUT2D eigenvalue weighted by molar-refractivity contribution is 5.42. The molecule has 1 aromatic heterocycles. The minimum absolute atomic E-state index is 0.508. The van der Waals surface area contributed by atoms with Crippen LogP contribution in [-0.2, 0) is 0 Å². The molecule has 0 aromatic carbocycles. The summed E-state index contributed by atoms with van der Waals surface area (Å²) in [4.78, 5) is 12.7. The molecule has 0 unspecified atom stereocenters. The van der Waals surface area contributed by atoms with Crippen LogP contribution < -0.4 is 27.4 Å². The number of nitrogens with one attached hydrogen (secondary N) is 3. The van der Waals surface area contributed by atoms with Crippen LogP contribution >= 0.6 is 0 Å². The molecule has 0 spiro atoms. The molecule has 1 aromatic rings. The number of rotatable bonds is 9. The standard InChI is InChI=1S/C10H22N8/c1-2-5-13-8-16-9(14-6-3-11)18-10(17-8)15-7-4-12/h2-7,11-12H2,1H3,(H3,13,14,15,16,17,18). The topological polar surface area (TPSA) is 127 Å². The summed E-state index contributed by atoms with van der Waals surface area (Å²) in [5.41, 5.74) is 10.9. The van der Waals surface area contributed by atoms with Gasteiger partial charge in [-0.15, -0.1) is 0 Å². The summed E-state index contributed by atoms with van der Waals surface area (Å²) >= 11 is 0. The van der Waals surface area contributed by atoms with Crippen molar-refractivity contribution in [3.05, 3.63) is 0 Å². The largest absolute Gasteiger partial charge is 0.354 e. The summed E-state index contributed by atoms with van der Waals surface area (Å²) in [7, 11) is 0. The lowest BCUT2D eigenvalue weighted by molar-refractivity contribution is 0.917. The first-order valence-electron chi connectivity index (χ1n) is 6.18. The van der Waals surface area contributed by atoms with Crippen molar-refractivity contribution in [3.8, 4) is 0 Å². The maximum Gasteiger partial charge on any atom is 0.229 e. The molecule has 0 fully saturated rings. The van der Waals surface area contributed by atoms with Crippen LogP contribution in [0.25, 0.3) is 0 Å². The lowest BCUT2D eigenvalue weighted by atomic mass is 10.5. The Morgan fingerprint density at radius 1 is 0.778 bits per heavy atom. The van der Waals surface area contributed by atoms with Crippen LogP contribution in [0.3, 0.4) is 0 Å². The molecule has 0 amide bonds. The summed E-state index contributed by atoms with van der Waals surface area (Å²) in [5, 5.41) is 9.18. The first-order valence-corrected chi connectivity index (χ1v) is 6.18. The van der Waals surface area contributed by atoms with Crippen LogP contribution in [-0.4, -0.2) is 47.7 Å². The number of hydrogen-bond acceptors (Lipinski definition) is 8. The van der Waals surface area contributed by atoms with Gasteiger partial charge in [0.15, 0.2) is 0 Å². The van der Waals surface area contributed by atoms with E-state index in [9.17, 15) is 0 Å². The molecule has 0 bridgehead atoms. The maximum atomic E-state index is 5.43. The molecule has 0 saturated heterocycles. The van der Waals surface area contributed by atoms with Crippen molar-refractivity contribution in [1.29, 1.82) is 0 Å². The van der Waals surface area contributed by atoms with Crippen LogP contribution in [0.5, 0.6) is 0 Å². The monoisotopic (exact) mass is 254 g/mol. The number of hydrogen-bond donors (Lipinski definition) is 5. The second-order valence-corrected chi connectivity index (χ2v) is 3.66. The van der Waals surface area contributed by atoms with Gasteiger partial charge < -0.3 is 27.4 Å². The third-order valence-corrected chi connectivity index (χ3v) is 2.02. The van der Waals surface area contributed by atoms with Crippen molar-refractivity contribution in [3.63, 3.8) is 0 Å². The normalized spacial score (nSPS) is 10.2. The average Bonchev–Trinajstić information content (AvgIpc) is 2.40. The molecule has 18 heavy (non-hydrogen) atoms. The summed E-state index contributed by atoms with van der Waals surface area (Å²) in [5.74, 6) is 1.56. The van der Waals surface area contributed by atoms with Gasteiger partial charge in [0, 0.05) is 32.7 Å². The van der Waals surface area contributed by atoms with Crippen LogP contribution in [0.4, 0.5) is 17.8 Å². The zero-order chi connectivity index (χ0) is 13.2. The summed E-state index contributed by atoms with van der Waals surface area (Å²) in [6, 6.07) is 0. The zero-order valence-electron chi connectivity index (χ0n) is 10.7. The van der Waals surface area contributed by atoms with E-state index >= 15 is 0 Å². The van der Waals surface area contributed by atoms with Crippen molar-refractivity contribution in [2.24, 2.45) is 11.5 Å². The molecule has 8 nitrogen and oxygen atoms in total. The number of anilines is 3. The maximum absolute atomic E-state index is 5.43. The quantitative estimate of drug-likeness (QED) is 0.397. The number of nitrogens with zero attached hydrogens (tertiary/aromatic N) is 3. The Hall–Kier alpha value is -1.67. The first-order chi connectivity index (χ1) is 8.80. The van der Waals surface area contributed by atoms with E-state index in [1.807, 2.05) is 0 Å². The smallest absolute Gasteiger partial charge is 0.229 e. The van der Waals surface area contributed by atoms with Crippen LogP contribution in [0.2, 0.25) is 0 Å². The molecule has 8 heteroatoms. The van der Waals surface area contributed by atoms with Gasteiger partial charge in [0.2, 0.25) is 17.8 Å². The first kappa shape index (κ1) is 14.4. The zero-order valence-corrected chi connectivity index (χ0v) is 10.7. The van der Waals surface area contributed by atoms with Gasteiger partial charge in [-0.1, -0.05) is 6.92 Å². The molecule has 1 rings (SSSR count). The van der Waals surface area contributed by atoms with E-state index in [4.69, 9.17) is 11.5 Å². The van der Waals surface area contributed by atoms with E-state index in [1.54, 1.807) is 0 Å². The molecule has 0 saturated carbocycles. The fraction of sp³-hybridized carbons (Fsp3) is 0.700.